The van der Waals surface area contributed by atoms with Crippen molar-refractivity contribution in [1.82, 2.24) is 9.78 Å². The number of anilines is 1. The van der Waals surface area contributed by atoms with Gasteiger partial charge in [-0.05, 0) is 25.1 Å². The summed E-state index contributed by atoms with van der Waals surface area (Å²) in [5, 5.41) is 12.8. The molecule has 0 atom stereocenters. The van der Waals surface area contributed by atoms with Crippen molar-refractivity contribution in [3.05, 3.63) is 41.6 Å². The van der Waals surface area contributed by atoms with Crippen LogP contribution >= 0.6 is 0 Å². The normalized spacial score (nSPS) is 8.04. The maximum absolute atomic E-state index is 11.4. The van der Waals surface area contributed by atoms with E-state index in [1.54, 1.807) is 24.3 Å². The van der Waals surface area contributed by atoms with Gasteiger partial charge in [0.05, 0.1) is 24.6 Å². The van der Waals surface area contributed by atoms with Gasteiger partial charge in [0.25, 0.3) is 0 Å². The number of aromatic nitrogens is 2. The molecule has 0 aliphatic heterocycles. The lowest BCUT2D eigenvalue weighted by Crippen LogP contribution is -2.05. The molecule has 136 valence electrons. The molecule has 1 heterocycles. The van der Waals surface area contributed by atoms with Gasteiger partial charge in [-0.3, -0.25) is 0 Å². The minimum absolute atomic E-state index is 0.236. The Bertz CT molecular complexity index is 688. The molecule has 0 spiro atoms. The lowest BCUT2D eigenvalue weighted by Gasteiger charge is -2.05. The number of nitriles is 1. The van der Waals surface area contributed by atoms with Crippen LogP contribution in [-0.2, 0) is 9.53 Å². The van der Waals surface area contributed by atoms with Crippen LogP contribution < -0.4 is 5.73 Å². The first kappa shape index (κ1) is 24.1. The summed E-state index contributed by atoms with van der Waals surface area (Å²) in [5.41, 5.74) is 7.04. The summed E-state index contributed by atoms with van der Waals surface area (Å²) in [6.45, 7) is 9.44. The second-order valence-corrected chi connectivity index (χ2v) is 3.74. The highest BCUT2D eigenvalue weighted by molar-refractivity contribution is 5.89. The third-order valence-electron chi connectivity index (χ3n) is 2.44. The van der Waals surface area contributed by atoms with E-state index in [1.165, 1.54) is 24.9 Å². The first-order chi connectivity index (χ1) is 12.1. The predicted molar refractivity (Wildman–Crippen MR) is 98.5 cm³/mol. The lowest BCUT2D eigenvalue weighted by molar-refractivity contribution is -0.106. The number of nitrogens with two attached hydrogens (primary N) is 1. The van der Waals surface area contributed by atoms with Gasteiger partial charge in [0.1, 0.15) is 23.7 Å². The summed E-state index contributed by atoms with van der Waals surface area (Å²) < 4.78 is 6.03. The number of rotatable bonds is 2. The van der Waals surface area contributed by atoms with E-state index in [4.69, 9.17) is 15.8 Å². The predicted octanol–water partition coefficient (Wildman–Crippen LogP) is 3.37. The van der Waals surface area contributed by atoms with Crippen molar-refractivity contribution in [3.63, 3.8) is 0 Å². The smallest absolute Gasteiger partial charge is 0.337 e. The largest absolute Gasteiger partial charge is 0.465 e. The number of hydrogen-bond donors (Lipinski definition) is 1. The van der Waals surface area contributed by atoms with Crippen molar-refractivity contribution in [1.29, 1.82) is 5.26 Å². The molecule has 2 rings (SSSR count). The summed E-state index contributed by atoms with van der Waals surface area (Å²) in [7, 11) is 1.31. The Hall–Kier alpha value is -3.14. The van der Waals surface area contributed by atoms with Crippen LogP contribution in [0.3, 0.4) is 0 Å². The lowest BCUT2D eigenvalue weighted by atomic mass is 10.2. The molecule has 0 unspecified atom stereocenters. The third kappa shape index (κ3) is 7.31. The molecular formula is C18H26N4O3. The Labute approximate surface area is 149 Å². The summed E-state index contributed by atoms with van der Waals surface area (Å²) in [6.07, 6.45) is 2.13. The molecule has 7 nitrogen and oxygen atoms in total. The summed E-state index contributed by atoms with van der Waals surface area (Å²) in [4.78, 5) is 20.2. The molecule has 0 radical (unpaired) electrons. The molecule has 0 bridgehead atoms. The SMILES string of the molecule is CC.CC.CC=O.COC(=O)c1cccc(-n2ncc(C#N)c2N)c1. The average molecular weight is 346 g/mol. The summed E-state index contributed by atoms with van der Waals surface area (Å²) >= 11 is 0. The van der Waals surface area contributed by atoms with Gasteiger partial charge < -0.3 is 15.3 Å². The maximum atomic E-state index is 11.4. The van der Waals surface area contributed by atoms with Crippen LogP contribution in [0.4, 0.5) is 5.82 Å². The second-order valence-electron chi connectivity index (χ2n) is 3.74. The highest BCUT2D eigenvalue weighted by Gasteiger charge is 2.11. The van der Waals surface area contributed by atoms with Crippen LogP contribution in [0.25, 0.3) is 5.69 Å². The van der Waals surface area contributed by atoms with Gasteiger partial charge in [-0.25, -0.2) is 9.48 Å². The molecule has 1 aromatic carbocycles. The van der Waals surface area contributed by atoms with Crippen molar-refractivity contribution in [2.45, 2.75) is 34.6 Å². The number of nitrogen functional groups attached to an aromatic ring is 1. The van der Waals surface area contributed by atoms with E-state index < -0.39 is 5.97 Å². The maximum Gasteiger partial charge on any atom is 0.337 e. The molecule has 0 aliphatic carbocycles. The number of ether oxygens (including phenoxy) is 1. The molecule has 1 aromatic heterocycles. The first-order valence-electron chi connectivity index (χ1n) is 7.91. The minimum Gasteiger partial charge on any atom is -0.465 e. The van der Waals surface area contributed by atoms with Crippen LogP contribution in [0.5, 0.6) is 0 Å². The Morgan fingerprint density at radius 3 is 2.32 bits per heavy atom. The van der Waals surface area contributed by atoms with Gasteiger partial charge >= 0.3 is 5.97 Å². The molecule has 0 aliphatic rings. The molecule has 0 amide bonds. The van der Waals surface area contributed by atoms with Gasteiger partial charge in [-0.1, -0.05) is 33.8 Å². The van der Waals surface area contributed by atoms with E-state index >= 15 is 0 Å². The third-order valence-corrected chi connectivity index (χ3v) is 2.44. The Kier molecular flexibility index (Phi) is 13.9. The number of methoxy groups -OCH3 is 1. The summed E-state index contributed by atoms with van der Waals surface area (Å²) in [6, 6.07) is 8.58. The zero-order valence-electron chi connectivity index (χ0n) is 15.6. The van der Waals surface area contributed by atoms with Crippen LogP contribution in [0.15, 0.2) is 30.5 Å². The Balaban J connectivity index is 0. The van der Waals surface area contributed by atoms with Crippen LogP contribution in [0.2, 0.25) is 0 Å². The quantitative estimate of drug-likeness (QED) is 0.659. The molecule has 7 heteroatoms. The van der Waals surface area contributed by atoms with Gasteiger partial charge in [0, 0.05) is 0 Å². The van der Waals surface area contributed by atoms with Crippen molar-refractivity contribution in [2.75, 3.05) is 12.8 Å². The van der Waals surface area contributed by atoms with Crippen molar-refractivity contribution >= 4 is 18.1 Å². The van der Waals surface area contributed by atoms with Crippen molar-refractivity contribution < 1.29 is 14.3 Å². The highest BCUT2D eigenvalue weighted by atomic mass is 16.5. The van der Waals surface area contributed by atoms with Gasteiger partial charge in [-0.15, -0.1) is 0 Å². The minimum atomic E-state index is -0.442. The zero-order valence-corrected chi connectivity index (χ0v) is 15.6. The number of aldehydes is 1. The average Bonchev–Trinajstić information content (AvgIpc) is 3.05. The van der Waals surface area contributed by atoms with Crippen LogP contribution in [-0.4, -0.2) is 29.1 Å². The van der Waals surface area contributed by atoms with E-state index in [0.717, 1.165) is 6.29 Å². The standard InChI is InChI=1S/C12H10N4O2.C2H4O.2C2H6/c1-18-12(17)8-3-2-4-10(5-8)16-11(14)9(6-13)7-15-16;1-2-3;2*1-2/h2-5,7H,14H2,1H3;2H,1H3;2*1-2H3. The Morgan fingerprint density at radius 1 is 1.32 bits per heavy atom. The van der Waals surface area contributed by atoms with E-state index in [1.807, 2.05) is 33.8 Å². The van der Waals surface area contributed by atoms with Gasteiger partial charge in [0.15, 0.2) is 0 Å². The second kappa shape index (κ2) is 14.5. The fraction of sp³-hybridized carbons (Fsp3) is 0.333. The van der Waals surface area contributed by atoms with Crippen LogP contribution in [0, 0.1) is 11.3 Å². The Morgan fingerprint density at radius 2 is 1.88 bits per heavy atom. The fourth-order valence-corrected chi connectivity index (χ4v) is 1.53. The monoisotopic (exact) mass is 346 g/mol. The molecular weight excluding hydrogens is 320 g/mol. The van der Waals surface area contributed by atoms with Crippen molar-refractivity contribution in [2.24, 2.45) is 0 Å². The highest BCUT2D eigenvalue weighted by Crippen LogP contribution is 2.17. The van der Waals surface area contributed by atoms with Gasteiger partial charge in [-0.2, -0.15) is 10.4 Å². The molecule has 25 heavy (non-hydrogen) atoms. The zero-order chi connectivity index (χ0) is 19.8. The van der Waals surface area contributed by atoms with E-state index in [9.17, 15) is 4.79 Å². The number of carbonyl (C=O) groups is 2. The number of esters is 1. The number of carbonyl (C=O) groups excluding carboxylic acids is 2. The fourth-order valence-electron chi connectivity index (χ4n) is 1.53. The molecule has 0 fully saturated rings. The molecule has 2 aromatic rings. The van der Waals surface area contributed by atoms with Crippen molar-refractivity contribution in [3.8, 4) is 11.8 Å². The van der Waals surface area contributed by atoms with Crippen LogP contribution in [0.1, 0.15) is 50.5 Å². The number of nitrogens with zero attached hydrogens (tertiary/aromatic N) is 3. The number of hydrogen-bond acceptors (Lipinski definition) is 6. The van der Waals surface area contributed by atoms with E-state index in [0.29, 0.717) is 16.8 Å². The first-order valence-corrected chi connectivity index (χ1v) is 7.91. The molecule has 0 saturated heterocycles. The van der Waals surface area contributed by atoms with E-state index in [-0.39, 0.29) is 5.82 Å². The molecule has 2 N–H and O–H groups in total. The number of benzene rings is 1. The topological polar surface area (TPSA) is 111 Å². The van der Waals surface area contributed by atoms with Gasteiger partial charge in [0.2, 0.25) is 0 Å². The summed E-state index contributed by atoms with van der Waals surface area (Å²) in [5.74, 6) is -0.206. The molecule has 0 saturated carbocycles. The van der Waals surface area contributed by atoms with E-state index in [2.05, 4.69) is 9.84 Å².